The van der Waals surface area contributed by atoms with Gasteiger partial charge in [-0.3, -0.25) is 9.59 Å². The Hall–Kier alpha value is -2.90. The predicted octanol–water partition coefficient (Wildman–Crippen LogP) is 0.394. The van der Waals surface area contributed by atoms with E-state index in [1.807, 2.05) is 47.2 Å². The zero-order valence-electron chi connectivity index (χ0n) is 18.3. The van der Waals surface area contributed by atoms with Crippen molar-refractivity contribution in [3.05, 3.63) is 87.7 Å². The molecule has 0 bridgehead atoms. The number of fused-ring (bicyclic) bond motifs is 1. The molecule has 1 amide bonds. The normalized spacial score (nSPS) is 14.4. The van der Waals surface area contributed by atoms with E-state index in [1.54, 1.807) is 26.5 Å². The number of primary amides is 1. The van der Waals surface area contributed by atoms with Crippen molar-refractivity contribution in [2.75, 3.05) is 14.2 Å². The van der Waals surface area contributed by atoms with Gasteiger partial charge in [0.15, 0.2) is 36.2 Å². The smallest absolute Gasteiger partial charge is 0.255 e. The highest BCUT2D eigenvalue weighted by atomic mass is 79.9. The first-order chi connectivity index (χ1) is 15.4. The molecule has 0 fully saturated rings. The van der Waals surface area contributed by atoms with Gasteiger partial charge >= 0.3 is 0 Å². The van der Waals surface area contributed by atoms with E-state index in [0.717, 1.165) is 16.7 Å². The first-order valence-corrected chi connectivity index (χ1v) is 10.6. The zero-order chi connectivity index (χ0) is 22.8. The van der Waals surface area contributed by atoms with Crippen LogP contribution in [0, 0.1) is 5.92 Å². The summed E-state index contributed by atoms with van der Waals surface area (Å²) in [4.78, 5) is 25.3. The second kappa shape index (κ2) is 10.4. The number of methoxy groups -OCH3 is 2. The van der Waals surface area contributed by atoms with Gasteiger partial charge in [0.05, 0.1) is 14.2 Å². The number of hydrogen-bond acceptors (Lipinski definition) is 4. The number of amides is 1. The second-order valence-corrected chi connectivity index (χ2v) is 8.32. The summed E-state index contributed by atoms with van der Waals surface area (Å²) in [7, 11) is 3.11. The third kappa shape index (κ3) is 5.20. The topological polar surface area (TPSA) is 82.5 Å². The van der Waals surface area contributed by atoms with Crippen LogP contribution in [0.25, 0.3) is 0 Å². The van der Waals surface area contributed by atoms with Crippen LogP contribution in [0.4, 0.5) is 0 Å². The SMILES string of the molecule is COc1cc2c(cc1OC)C(=O)C(Cc1cc[n+](Cc3cccc(Cl)c3)cc1C(N)=O)C2.[Br-]. The van der Waals surface area contributed by atoms with Crippen LogP contribution < -0.4 is 36.8 Å². The lowest BCUT2D eigenvalue weighted by Crippen LogP contribution is -3.00. The number of nitrogens with zero attached hydrogens (tertiary/aromatic N) is 1. The van der Waals surface area contributed by atoms with E-state index in [1.165, 1.54) is 0 Å². The Bertz CT molecular complexity index is 1220. The molecule has 2 aromatic carbocycles. The van der Waals surface area contributed by atoms with Crippen LogP contribution in [-0.4, -0.2) is 25.9 Å². The minimum atomic E-state index is -0.522. The number of rotatable bonds is 7. The monoisotopic (exact) mass is 530 g/mol. The third-order valence-corrected chi connectivity index (χ3v) is 6.04. The molecule has 0 spiro atoms. The number of benzene rings is 2. The Labute approximate surface area is 208 Å². The molecule has 0 saturated carbocycles. The first-order valence-electron chi connectivity index (χ1n) is 10.2. The van der Waals surface area contributed by atoms with E-state index >= 15 is 0 Å². The van der Waals surface area contributed by atoms with Gasteiger partial charge in [0, 0.05) is 28.1 Å². The molecule has 0 aliphatic heterocycles. The van der Waals surface area contributed by atoms with Crippen LogP contribution in [0.1, 0.15) is 37.4 Å². The van der Waals surface area contributed by atoms with E-state index in [0.29, 0.717) is 47.0 Å². The fourth-order valence-corrected chi connectivity index (χ4v) is 4.45. The van der Waals surface area contributed by atoms with Gasteiger partial charge in [0.1, 0.15) is 5.56 Å². The van der Waals surface area contributed by atoms with Gasteiger partial charge in [-0.05, 0) is 48.2 Å². The molecule has 1 aromatic heterocycles. The maximum Gasteiger partial charge on any atom is 0.255 e. The number of Topliss-reactive ketones (excluding diaryl/α,β-unsaturated/α-hetero) is 1. The average molecular weight is 532 g/mol. The number of ketones is 1. The van der Waals surface area contributed by atoms with E-state index in [9.17, 15) is 9.59 Å². The molecular weight excluding hydrogens is 508 g/mol. The van der Waals surface area contributed by atoms with Gasteiger partial charge in [-0.15, -0.1) is 0 Å². The minimum Gasteiger partial charge on any atom is -1.00 e. The Kier molecular flexibility index (Phi) is 7.76. The summed E-state index contributed by atoms with van der Waals surface area (Å²) in [6.45, 7) is 0.550. The number of ether oxygens (including phenoxy) is 2. The van der Waals surface area contributed by atoms with Crippen molar-refractivity contribution in [1.82, 2.24) is 0 Å². The molecule has 172 valence electrons. The van der Waals surface area contributed by atoms with Crippen molar-refractivity contribution in [3.8, 4) is 11.5 Å². The molecule has 3 aromatic rings. The summed E-state index contributed by atoms with van der Waals surface area (Å²) < 4.78 is 12.6. The van der Waals surface area contributed by atoms with Crippen LogP contribution in [0.2, 0.25) is 5.02 Å². The Morgan fingerprint density at radius 3 is 2.55 bits per heavy atom. The Morgan fingerprint density at radius 2 is 1.88 bits per heavy atom. The highest BCUT2D eigenvalue weighted by Gasteiger charge is 2.33. The molecule has 33 heavy (non-hydrogen) atoms. The average Bonchev–Trinajstić information content (AvgIpc) is 3.08. The van der Waals surface area contributed by atoms with Crippen molar-refractivity contribution < 1.29 is 40.6 Å². The molecule has 0 saturated heterocycles. The van der Waals surface area contributed by atoms with Crippen LogP contribution in [-0.2, 0) is 19.4 Å². The number of carbonyl (C=O) groups excluding carboxylic acids is 2. The minimum absolute atomic E-state index is 0. The molecule has 4 rings (SSSR count). The van der Waals surface area contributed by atoms with Gasteiger partial charge in [0.2, 0.25) is 0 Å². The maximum atomic E-state index is 13.1. The predicted molar refractivity (Wildman–Crippen MR) is 120 cm³/mol. The fraction of sp³-hybridized carbons (Fsp3) is 0.240. The highest BCUT2D eigenvalue weighted by molar-refractivity contribution is 6.30. The van der Waals surface area contributed by atoms with Crippen LogP contribution in [0.5, 0.6) is 11.5 Å². The fourth-order valence-electron chi connectivity index (χ4n) is 4.24. The van der Waals surface area contributed by atoms with Crippen molar-refractivity contribution in [2.45, 2.75) is 19.4 Å². The van der Waals surface area contributed by atoms with Crippen LogP contribution >= 0.6 is 11.6 Å². The third-order valence-electron chi connectivity index (χ3n) is 5.81. The Morgan fingerprint density at radius 1 is 1.15 bits per heavy atom. The molecule has 1 atom stereocenters. The number of halogens is 2. The molecule has 1 aliphatic carbocycles. The Balaban J connectivity index is 0.00000306. The van der Waals surface area contributed by atoms with Gasteiger partial charge in [-0.1, -0.05) is 23.7 Å². The molecule has 1 unspecified atom stereocenters. The number of pyridine rings is 1. The summed E-state index contributed by atoms with van der Waals surface area (Å²) in [5, 5.41) is 0.655. The number of nitrogens with two attached hydrogens (primary N) is 1. The van der Waals surface area contributed by atoms with E-state index < -0.39 is 5.91 Å². The number of aromatic nitrogens is 1. The molecule has 2 N–H and O–H groups in total. The van der Waals surface area contributed by atoms with E-state index in [2.05, 4.69) is 0 Å². The zero-order valence-corrected chi connectivity index (χ0v) is 20.7. The van der Waals surface area contributed by atoms with Gasteiger partial charge in [-0.2, -0.15) is 4.57 Å². The number of hydrogen-bond donors (Lipinski definition) is 1. The largest absolute Gasteiger partial charge is 1.00 e. The van der Waals surface area contributed by atoms with Crippen molar-refractivity contribution >= 4 is 23.3 Å². The molecule has 0 radical (unpaired) electrons. The summed E-state index contributed by atoms with van der Waals surface area (Å²) in [5.74, 6) is 0.363. The summed E-state index contributed by atoms with van der Waals surface area (Å²) in [6, 6.07) is 13.0. The summed E-state index contributed by atoms with van der Waals surface area (Å²) in [6.07, 6.45) is 4.62. The first kappa shape index (κ1) is 24.7. The van der Waals surface area contributed by atoms with E-state index in [-0.39, 0.29) is 28.7 Å². The summed E-state index contributed by atoms with van der Waals surface area (Å²) in [5.41, 5.74) is 9.41. The molecular formula is C25H24BrClN2O4. The lowest BCUT2D eigenvalue weighted by atomic mass is 9.93. The molecule has 1 heterocycles. The number of carbonyl (C=O) groups is 2. The summed E-state index contributed by atoms with van der Waals surface area (Å²) >= 11 is 6.07. The van der Waals surface area contributed by atoms with Crippen molar-refractivity contribution in [2.24, 2.45) is 11.7 Å². The maximum absolute atomic E-state index is 13.1. The highest BCUT2D eigenvalue weighted by Crippen LogP contribution is 2.37. The lowest BCUT2D eigenvalue weighted by molar-refractivity contribution is -0.688. The van der Waals surface area contributed by atoms with E-state index in [4.69, 9.17) is 26.8 Å². The van der Waals surface area contributed by atoms with Crippen molar-refractivity contribution in [3.63, 3.8) is 0 Å². The standard InChI is InChI=1S/C25H23ClN2O4.BrH/c1-31-22-11-17-10-18(24(29)20(17)12-23(22)32-2)9-16-6-7-28(14-21(16)25(27)30)13-15-4-3-5-19(26)8-15;/h3-8,11-12,14,18H,9-10,13H2,1-2H3,(H-,27,30);1H. The van der Waals surface area contributed by atoms with Gasteiger partial charge in [0.25, 0.3) is 5.91 Å². The van der Waals surface area contributed by atoms with Crippen molar-refractivity contribution in [1.29, 1.82) is 0 Å². The second-order valence-electron chi connectivity index (χ2n) is 7.88. The quantitative estimate of drug-likeness (QED) is 0.448. The van der Waals surface area contributed by atoms with Gasteiger partial charge < -0.3 is 32.2 Å². The lowest BCUT2D eigenvalue weighted by Gasteiger charge is -2.10. The van der Waals surface area contributed by atoms with Crippen LogP contribution in [0.3, 0.4) is 0 Å². The van der Waals surface area contributed by atoms with Crippen LogP contribution in [0.15, 0.2) is 54.9 Å². The van der Waals surface area contributed by atoms with Gasteiger partial charge in [-0.25, -0.2) is 0 Å². The molecule has 6 nitrogen and oxygen atoms in total. The molecule has 8 heteroatoms. The molecule has 1 aliphatic rings.